The Morgan fingerprint density at radius 1 is 1.03 bits per heavy atom. The Hall–Kier alpha value is -4.21. The fourth-order valence-corrected chi connectivity index (χ4v) is 5.44. The van der Waals surface area contributed by atoms with Crippen molar-refractivity contribution in [3.63, 3.8) is 0 Å². The Kier molecular flexibility index (Phi) is 6.09. The van der Waals surface area contributed by atoms with Gasteiger partial charge in [0, 0.05) is 5.02 Å². The molecule has 0 bridgehead atoms. The molecule has 0 N–H and O–H groups in total. The number of rotatable bonds is 6. The number of benzene rings is 3. The highest BCUT2D eigenvalue weighted by atomic mass is 35.5. The first-order valence-corrected chi connectivity index (χ1v) is 12.9. The third-order valence-electron chi connectivity index (χ3n) is 6.29. The van der Waals surface area contributed by atoms with Crippen LogP contribution in [-0.4, -0.2) is 23.2 Å². The van der Waals surface area contributed by atoms with Crippen LogP contribution in [0.1, 0.15) is 38.3 Å². The van der Waals surface area contributed by atoms with E-state index in [2.05, 4.69) is 10.2 Å². The zero-order chi connectivity index (χ0) is 26.4. The number of anilines is 1. The minimum Gasteiger partial charge on any atom is -0.493 e. The van der Waals surface area contributed by atoms with Gasteiger partial charge in [0.1, 0.15) is 17.2 Å². The molecule has 0 radical (unpaired) electrons. The van der Waals surface area contributed by atoms with E-state index >= 15 is 0 Å². The molecular formula is C28H20ClN3O5S. The van der Waals surface area contributed by atoms with E-state index in [1.165, 1.54) is 23.3 Å². The average molecular weight is 546 g/mol. The van der Waals surface area contributed by atoms with Gasteiger partial charge in [0.15, 0.2) is 16.9 Å². The molecule has 6 rings (SSSR count). The van der Waals surface area contributed by atoms with Crippen LogP contribution < -0.4 is 19.8 Å². The van der Waals surface area contributed by atoms with Crippen LogP contribution in [-0.2, 0) is 6.61 Å². The van der Waals surface area contributed by atoms with Gasteiger partial charge in [-0.3, -0.25) is 14.5 Å². The molecule has 5 aromatic rings. The lowest BCUT2D eigenvalue weighted by atomic mass is 9.98. The summed E-state index contributed by atoms with van der Waals surface area (Å²) in [6.07, 6.45) is 0. The van der Waals surface area contributed by atoms with Gasteiger partial charge in [0.05, 0.1) is 24.1 Å². The van der Waals surface area contributed by atoms with Crippen molar-refractivity contribution in [3.8, 4) is 11.5 Å². The van der Waals surface area contributed by atoms with Crippen LogP contribution in [0.4, 0.5) is 5.13 Å². The van der Waals surface area contributed by atoms with Gasteiger partial charge in [-0.15, -0.1) is 10.2 Å². The molecule has 10 heteroatoms. The van der Waals surface area contributed by atoms with Gasteiger partial charge < -0.3 is 13.9 Å². The average Bonchev–Trinajstić information content (AvgIpc) is 3.49. The Labute approximate surface area is 226 Å². The van der Waals surface area contributed by atoms with Crippen molar-refractivity contribution >= 4 is 44.9 Å². The predicted octanol–water partition coefficient (Wildman–Crippen LogP) is 5.94. The fraction of sp³-hybridized carbons (Fsp3) is 0.143. The molecule has 2 aromatic heterocycles. The highest BCUT2D eigenvalue weighted by molar-refractivity contribution is 7.15. The molecule has 0 fully saturated rings. The molecule has 1 amide bonds. The largest absolute Gasteiger partial charge is 0.493 e. The zero-order valence-electron chi connectivity index (χ0n) is 20.3. The highest BCUT2D eigenvalue weighted by Crippen LogP contribution is 2.44. The normalized spacial score (nSPS) is 14.7. The first-order chi connectivity index (χ1) is 18.4. The van der Waals surface area contributed by atoms with Crippen molar-refractivity contribution in [2.24, 2.45) is 0 Å². The maximum Gasteiger partial charge on any atom is 0.297 e. The van der Waals surface area contributed by atoms with Gasteiger partial charge in [-0.25, -0.2) is 0 Å². The second kappa shape index (κ2) is 9.59. The standard InChI is InChI=1S/C28H20ClN3O5S/c1-15-30-31-28(38-15)32-24(23-25(33)19-13-18(29)9-11-20(19)37-26(23)27(32)34)17-8-10-21(22(12-17)35-2)36-14-16-6-4-3-5-7-16/h3-13,24H,14H2,1-2H3/t24-/m1/s1. The summed E-state index contributed by atoms with van der Waals surface area (Å²) in [5, 5.41) is 10.00. The predicted molar refractivity (Wildman–Crippen MR) is 145 cm³/mol. The molecule has 1 aliphatic rings. The third kappa shape index (κ3) is 4.09. The minimum atomic E-state index is -0.818. The van der Waals surface area contributed by atoms with Crippen molar-refractivity contribution < 1.29 is 18.7 Å². The fourth-order valence-electron chi connectivity index (χ4n) is 4.55. The number of hydrogen-bond donors (Lipinski definition) is 0. The molecule has 3 heterocycles. The maximum absolute atomic E-state index is 13.8. The molecule has 8 nitrogen and oxygen atoms in total. The number of carbonyl (C=O) groups is 1. The van der Waals surface area contributed by atoms with Gasteiger partial charge in [-0.2, -0.15) is 0 Å². The number of hydrogen-bond acceptors (Lipinski definition) is 8. The summed E-state index contributed by atoms with van der Waals surface area (Å²) in [6.45, 7) is 2.15. The molecule has 0 aliphatic carbocycles. The second-order valence-corrected chi connectivity index (χ2v) is 10.3. The van der Waals surface area contributed by atoms with Crippen molar-refractivity contribution in [1.82, 2.24) is 10.2 Å². The van der Waals surface area contributed by atoms with E-state index in [1.54, 1.807) is 43.3 Å². The number of methoxy groups -OCH3 is 1. The lowest BCUT2D eigenvalue weighted by molar-refractivity contribution is 0.0970. The third-order valence-corrected chi connectivity index (χ3v) is 7.37. The van der Waals surface area contributed by atoms with Crippen LogP contribution in [0.15, 0.2) is 75.9 Å². The number of nitrogens with zero attached hydrogens (tertiary/aromatic N) is 3. The minimum absolute atomic E-state index is 0.0361. The number of aromatic nitrogens is 2. The quantitative estimate of drug-likeness (QED) is 0.260. The molecule has 190 valence electrons. The number of aryl methyl sites for hydroxylation is 1. The van der Waals surface area contributed by atoms with Crippen molar-refractivity contribution in [2.45, 2.75) is 19.6 Å². The molecule has 0 unspecified atom stereocenters. The van der Waals surface area contributed by atoms with E-state index in [-0.39, 0.29) is 22.3 Å². The summed E-state index contributed by atoms with van der Waals surface area (Å²) in [5.74, 6) is 0.478. The Balaban J connectivity index is 1.49. The van der Waals surface area contributed by atoms with E-state index < -0.39 is 11.9 Å². The summed E-state index contributed by atoms with van der Waals surface area (Å²) in [5.41, 5.74) is 1.78. The van der Waals surface area contributed by atoms with E-state index in [1.807, 2.05) is 30.3 Å². The van der Waals surface area contributed by atoms with Crippen LogP contribution in [0.5, 0.6) is 11.5 Å². The molecule has 0 spiro atoms. The van der Waals surface area contributed by atoms with E-state index in [0.717, 1.165) is 5.56 Å². The van der Waals surface area contributed by atoms with Gasteiger partial charge in [0.2, 0.25) is 10.9 Å². The van der Waals surface area contributed by atoms with E-state index in [9.17, 15) is 9.59 Å². The highest BCUT2D eigenvalue weighted by Gasteiger charge is 2.45. The molecule has 1 aliphatic heterocycles. The lowest BCUT2D eigenvalue weighted by Gasteiger charge is -2.23. The maximum atomic E-state index is 13.8. The summed E-state index contributed by atoms with van der Waals surface area (Å²) in [6, 6.07) is 19.0. The Morgan fingerprint density at radius 2 is 1.84 bits per heavy atom. The van der Waals surface area contributed by atoms with E-state index in [4.69, 9.17) is 25.5 Å². The Morgan fingerprint density at radius 3 is 2.58 bits per heavy atom. The first kappa shape index (κ1) is 24.1. The smallest absolute Gasteiger partial charge is 0.297 e. The summed E-state index contributed by atoms with van der Waals surface area (Å²) < 4.78 is 17.6. The number of amides is 1. The summed E-state index contributed by atoms with van der Waals surface area (Å²) in [7, 11) is 1.54. The topological polar surface area (TPSA) is 94.8 Å². The summed E-state index contributed by atoms with van der Waals surface area (Å²) in [4.78, 5) is 28.9. The van der Waals surface area contributed by atoms with Gasteiger partial charge >= 0.3 is 0 Å². The van der Waals surface area contributed by atoms with Crippen LogP contribution >= 0.6 is 22.9 Å². The Bertz CT molecular complexity index is 1750. The van der Waals surface area contributed by atoms with Crippen LogP contribution in [0.3, 0.4) is 0 Å². The van der Waals surface area contributed by atoms with Crippen molar-refractivity contribution in [1.29, 1.82) is 0 Å². The molecule has 38 heavy (non-hydrogen) atoms. The van der Waals surface area contributed by atoms with Crippen molar-refractivity contribution in [3.05, 3.63) is 109 Å². The molecule has 0 saturated carbocycles. The van der Waals surface area contributed by atoms with Gasteiger partial charge in [-0.05, 0) is 48.4 Å². The molecule has 3 aromatic carbocycles. The zero-order valence-corrected chi connectivity index (χ0v) is 21.9. The van der Waals surface area contributed by atoms with Gasteiger partial charge in [-0.1, -0.05) is 59.3 Å². The SMILES string of the molecule is COc1cc([C@@H]2c3c(oc4ccc(Cl)cc4c3=O)C(=O)N2c2nnc(C)s2)ccc1OCc1ccccc1. The van der Waals surface area contributed by atoms with Crippen molar-refractivity contribution in [2.75, 3.05) is 12.0 Å². The van der Waals surface area contributed by atoms with Crippen LogP contribution in [0.2, 0.25) is 5.02 Å². The number of carbonyl (C=O) groups excluding carboxylic acids is 1. The van der Waals surface area contributed by atoms with Gasteiger partial charge in [0.25, 0.3) is 5.91 Å². The van der Waals surface area contributed by atoms with E-state index in [0.29, 0.717) is 44.2 Å². The summed E-state index contributed by atoms with van der Waals surface area (Å²) >= 11 is 7.43. The molecule has 0 saturated heterocycles. The number of ether oxygens (including phenoxy) is 2. The first-order valence-electron chi connectivity index (χ1n) is 11.7. The monoisotopic (exact) mass is 545 g/mol. The molecule has 1 atom stereocenters. The number of halogens is 1. The molecular weight excluding hydrogens is 526 g/mol. The lowest BCUT2D eigenvalue weighted by Crippen LogP contribution is -2.29. The van der Waals surface area contributed by atoms with Crippen LogP contribution in [0.25, 0.3) is 11.0 Å². The van der Waals surface area contributed by atoms with Crippen LogP contribution in [0, 0.1) is 6.92 Å². The number of fused-ring (bicyclic) bond motifs is 2. The second-order valence-electron chi connectivity index (χ2n) is 8.68.